The number of rotatable bonds is 2. The Balaban J connectivity index is 1.78. The third-order valence-electron chi connectivity index (χ3n) is 3.59. The molecule has 5 nitrogen and oxygen atoms in total. The summed E-state index contributed by atoms with van der Waals surface area (Å²) >= 11 is 0. The van der Waals surface area contributed by atoms with Crippen molar-refractivity contribution < 1.29 is 14.3 Å². The first-order valence-electron chi connectivity index (χ1n) is 6.44. The van der Waals surface area contributed by atoms with Crippen LogP contribution in [-0.4, -0.2) is 42.0 Å². The molecule has 2 aliphatic heterocycles. The van der Waals surface area contributed by atoms with E-state index in [1.807, 2.05) is 4.90 Å². The van der Waals surface area contributed by atoms with Gasteiger partial charge in [0.2, 0.25) is 5.91 Å². The van der Waals surface area contributed by atoms with Gasteiger partial charge in [0.15, 0.2) is 0 Å². The summed E-state index contributed by atoms with van der Waals surface area (Å²) in [6, 6.07) is 7.26. The molecule has 0 spiro atoms. The topological polar surface area (TPSA) is 58.6 Å². The molecule has 0 radical (unpaired) electrons. The van der Waals surface area contributed by atoms with Crippen LogP contribution in [0.2, 0.25) is 0 Å². The summed E-state index contributed by atoms with van der Waals surface area (Å²) in [6.07, 6.45) is 1.14. The molecule has 2 saturated heterocycles. The lowest BCUT2D eigenvalue weighted by Crippen LogP contribution is -2.41. The average molecular weight is 260 g/mol. The van der Waals surface area contributed by atoms with Crippen LogP contribution in [0.1, 0.15) is 23.7 Å². The van der Waals surface area contributed by atoms with Crippen LogP contribution in [0.15, 0.2) is 24.3 Å². The summed E-state index contributed by atoms with van der Waals surface area (Å²) in [4.78, 5) is 25.3. The van der Waals surface area contributed by atoms with E-state index in [4.69, 9.17) is 4.74 Å². The molecule has 1 aromatic rings. The van der Waals surface area contributed by atoms with Gasteiger partial charge in [0.05, 0.1) is 18.8 Å². The lowest BCUT2D eigenvalue weighted by Gasteiger charge is -2.27. The maximum Gasteiger partial charge on any atom is 0.254 e. The highest BCUT2D eigenvalue weighted by Gasteiger charge is 2.41. The van der Waals surface area contributed by atoms with Crippen molar-refractivity contribution >= 4 is 17.5 Å². The molecule has 2 amide bonds. The van der Waals surface area contributed by atoms with Crippen molar-refractivity contribution in [2.75, 3.05) is 18.5 Å². The molecule has 5 heteroatoms. The molecule has 0 unspecified atom stereocenters. The molecular weight excluding hydrogens is 244 g/mol. The number of carbonyl (C=O) groups is 2. The van der Waals surface area contributed by atoms with Gasteiger partial charge in [0.25, 0.3) is 5.91 Å². The van der Waals surface area contributed by atoms with Crippen LogP contribution in [0.3, 0.4) is 0 Å². The van der Waals surface area contributed by atoms with Gasteiger partial charge in [-0.15, -0.1) is 0 Å². The second kappa shape index (κ2) is 4.66. The number of likely N-dealkylation sites (tertiary alicyclic amines) is 1. The molecule has 1 aromatic carbocycles. The van der Waals surface area contributed by atoms with E-state index >= 15 is 0 Å². The first-order chi connectivity index (χ1) is 9.13. The zero-order valence-electron chi connectivity index (χ0n) is 10.8. The van der Waals surface area contributed by atoms with Gasteiger partial charge in [-0.05, 0) is 24.6 Å². The van der Waals surface area contributed by atoms with Crippen molar-refractivity contribution in [1.29, 1.82) is 0 Å². The summed E-state index contributed by atoms with van der Waals surface area (Å²) in [7, 11) is 0. The number of morpholine rings is 1. The standard InChI is InChI=1S/C14H16N2O3/c1-9(17)15-11-4-2-3-10(5-11)14(18)16-7-13-6-12(16)8-19-13/h2-5,12-13H,6-8H2,1H3,(H,15,17)/t12-,13+/m0/s1. The van der Waals surface area contributed by atoms with Gasteiger partial charge < -0.3 is 15.0 Å². The van der Waals surface area contributed by atoms with E-state index < -0.39 is 0 Å². The number of anilines is 1. The fourth-order valence-corrected chi connectivity index (χ4v) is 2.75. The van der Waals surface area contributed by atoms with Crippen molar-refractivity contribution in [1.82, 2.24) is 4.90 Å². The first-order valence-corrected chi connectivity index (χ1v) is 6.44. The minimum atomic E-state index is -0.141. The maximum absolute atomic E-state index is 12.4. The van der Waals surface area contributed by atoms with Crippen LogP contribution in [-0.2, 0) is 9.53 Å². The molecule has 19 heavy (non-hydrogen) atoms. The highest BCUT2D eigenvalue weighted by atomic mass is 16.5. The van der Waals surface area contributed by atoms with Gasteiger partial charge in [-0.2, -0.15) is 0 Å². The fraction of sp³-hybridized carbons (Fsp3) is 0.429. The van der Waals surface area contributed by atoms with Crippen molar-refractivity contribution in [2.45, 2.75) is 25.5 Å². The predicted molar refractivity (Wildman–Crippen MR) is 69.9 cm³/mol. The van der Waals surface area contributed by atoms with Crippen molar-refractivity contribution in [3.8, 4) is 0 Å². The molecule has 2 aliphatic rings. The number of benzene rings is 1. The van der Waals surface area contributed by atoms with Gasteiger partial charge in [-0.25, -0.2) is 0 Å². The average Bonchev–Trinajstić information content (AvgIpc) is 2.99. The van der Waals surface area contributed by atoms with E-state index in [2.05, 4.69) is 5.32 Å². The van der Waals surface area contributed by atoms with E-state index in [0.29, 0.717) is 24.4 Å². The lowest BCUT2D eigenvalue weighted by molar-refractivity contribution is -0.114. The van der Waals surface area contributed by atoms with Crippen LogP contribution in [0.25, 0.3) is 0 Å². The number of amides is 2. The summed E-state index contributed by atoms with van der Waals surface area (Å²) in [5.74, 6) is -0.124. The smallest absolute Gasteiger partial charge is 0.254 e. The number of hydrogen-bond acceptors (Lipinski definition) is 3. The molecule has 0 aromatic heterocycles. The molecule has 100 valence electrons. The van der Waals surface area contributed by atoms with E-state index in [-0.39, 0.29) is 24.0 Å². The molecule has 2 atom stereocenters. The van der Waals surface area contributed by atoms with Gasteiger partial charge in [0.1, 0.15) is 0 Å². The first kappa shape index (κ1) is 12.2. The molecule has 0 aliphatic carbocycles. The van der Waals surface area contributed by atoms with Crippen molar-refractivity contribution in [3.05, 3.63) is 29.8 Å². The van der Waals surface area contributed by atoms with Crippen LogP contribution < -0.4 is 5.32 Å². The van der Waals surface area contributed by atoms with Gasteiger partial charge in [-0.1, -0.05) is 6.07 Å². The molecule has 2 bridgehead atoms. The predicted octanol–water partition coefficient (Wildman–Crippen LogP) is 1.26. The number of hydrogen-bond donors (Lipinski definition) is 1. The van der Waals surface area contributed by atoms with Crippen molar-refractivity contribution in [3.63, 3.8) is 0 Å². The molecular formula is C14H16N2O3. The van der Waals surface area contributed by atoms with Gasteiger partial charge >= 0.3 is 0 Å². The summed E-state index contributed by atoms with van der Waals surface area (Å²) in [5, 5.41) is 2.69. The number of carbonyl (C=O) groups excluding carboxylic acids is 2. The Bertz CT molecular complexity index is 529. The Morgan fingerprint density at radius 2 is 2.26 bits per heavy atom. The summed E-state index contributed by atoms with van der Waals surface area (Å²) in [5.41, 5.74) is 1.26. The second-order valence-corrected chi connectivity index (χ2v) is 5.06. The quantitative estimate of drug-likeness (QED) is 0.871. The van der Waals surface area contributed by atoms with Crippen LogP contribution in [0.4, 0.5) is 5.69 Å². The van der Waals surface area contributed by atoms with Crippen LogP contribution in [0, 0.1) is 0 Å². The Hall–Kier alpha value is -1.88. The van der Waals surface area contributed by atoms with Gasteiger partial charge in [-0.3, -0.25) is 9.59 Å². The van der Waals surface area contributed by atoms with E-state index in [9.17, 15) is 9.59 Å². The molecule has 2 fully saturated rings. The Labute approximate surface area is 111 Å². The largest absolute Gasteiger partial charge is 0.374 e. The molecule has 1 N–H and O–H groups in total. The molecule has 3 rings (SSSR count). The second-order valence-electron chi connectivity index (χ2n) is 5.06. The highest BCUT2D eigenvalue weighted by Crippen LogP contribution is 2.29. The maximum atomic E-state index is 12.4. The zero-order valence-corrected chi connectivity index (χ0v) is 10.8. The Morgan fingerprint density at radius 3 is 2.89 bits per heavy atom. The van der Waals surface area contributed by atoms with Crippen LogP contribution >= 0.6 is 0 Å². The number of nitrogens with zero attached hydrogens (tertiary/aromatic N) is 1. The van der Waals surface area contributed by atoms with E-state index in [1.165, 1.54) is 6.92 Å². The summed E-state index contributed by atoms with van der Waals surface area (Å²) in [6.45, 7) is 2.76. The SMILES string of the molecule is CC(=O)Nc1cccc(C(=O)N2C[C@H]3C[C@H]2CO3)c1. The number of fused-ring (bicyclic) bond motifs is 2. The zero-order chi connectivity index (χ0) is 13.4. The van der Waals surface area contributed by atoms with Crippen LogP contribution in [0.5, 0.6) is 0 Å². The minimum Gasteiger partial charge on any atom is -0.374 e. The third-order valence-corrected chi connectivity index (χ3v) is 3.59. The van der Waals surface area contributed by atoms with E-state index in [0.717, 1.165) is 6.42 Å². The van der Waals surface area contributed by atoms with Crippen molar-refractivity contribution in [2.24, 2.45) is 0 Å². The normalized spacial score (nSPS) is 24.6. The highest BCUT2D eigenvalue weighted by molar-refractivity contribution is 5.97. The number of ether oxygens (including phenoxy) is 1. The lowest BCUT2D eigenvalue weighted by atomic mass is 10.1. The molecule has 2 heterocycles. The fourth-order valence-electron chi connectivity index (χ4n) is 2.75. The third kappa shape index (κ3) is 2.33. The molecule has 0 saturated carbocycles. The number of nitrogens with one attached hydrogen (secondary N) is 1. The Kier molecular flexibility index (Phi) is 2.98. The summed E-state index contributed by atoms with van der Waals surface area (Å²) < 4.78 is 5.49. The van der Waals surface area contributed by atoms with E-state index in [1.54, 1.807) is 24.3 Å². The van der Waals surface area contributed by atoms with Gasteiger partial charge in [0, 0.05) is 24.7 Å². The Morgan fingerprint density at radius 1 is 1.42 bits per heavy atom. The monoisotopic (exact) mass is 260 g/mol. The minimum absolute atomic E-state index is 0.0167.